The number of carbonyl (C=O) groups is 3. The second kappa shape index (κ2) is 28.8. The van der Waals surface area contributed by atoms with E-state index in [-0.39, 0.29) is 12.3 Å². The van der Waals surface area contributed by atoms with Crippen molar-refractivity contribution in [3.05, 3.63) is 90.3 Å². The number of aliphatic hydroxyl groups is 2. The molecule has 1 aliphatic rings. The molecule has 10 nitrogen and oxygen atoms in total. The van der Waals surface area contributed by atoms with Crippen molar-refractivity contribution >= 4 is 17.8 Å². The molecule has 2 heterocycles. The van der Waals surface area contributed by atoms with Crippen LogP contribution >= 0.6 is 0 Å². The molecule has 1 atom stereocenters. The van der Waals surface area contributed by atoms with Crippen molar-refractivity contribution < 1.29 is 29.3 Å². The van der Waals surface area contributed by atoms with Crippen LogP contribution in [0.3, 0.4) is 0 Å². The lowest BCUT2D eigenvalue weighted by molar-refractivity contribution is -0.156. The topological polar surface area (TPSA) is 141 Å². The van der Waals surface area contributed by atoms with E-state index in [9.17, 15) is 24.6 Å². The third-order valence-corrected chi connectivity index (χ3v) is 8.42. The summed E-state index contributed by atoms with van der Waals surface area (Å²) in [4.78, 5) is 45.0. The number of likely N-dealkylation sites (tertiary alicyclic amines) is 1. The molecule has 1 unspecified atom stereocenters. The van der Waals surface area contributed by atoms with Gasteiger partial charge in [0.2, 0.25) is 5.91 Å². The van der Waals surface area contributed by atoms with E-state index in [4.69, 9.17) is 4.74 Å². The predicted octanol–water partition coefficient (Wildman–Crippen LogP) is 5.92. The minimum atomic E-state index is -1.07. The Hall–Kier alpha value is -3.86. The Kier molecular flexibility index (Phi) is 24.5. The van der Waals surface area contributed by atoms with Crippen LogP contribution < -0.4 is 10.6 Å². The van der Waals surface area contributed by atoms with Gasteiger partial charge < -0.3 is 30.5 Å². The van der Waals surface area contributed by atoms with Crippen molar-refractivity contribution in [2.45, 2.75) is 109 Å². The zero-order chi connectivity index (χ0) is 36.8. The molecule has 51 heavy (non-hydrogen) atoms. The number of nitrogens with zero attached hydrogens (tertiary/aromatic N) is 2. The van der Waals surface area contributed by atoms with Gasteiger partial charge in [-0.25, -0.2) is 4.79 Å². The number of hydrogen-bond donors (Lipinski definition) is 4. The number of aliphatic hydroxyl groups excluding tert-OH is 2. The summed E-state index contributed by atoms with van der Waals surface area (Å²) >= 11 is 0. The summed E-state index contributed by atoms with van der Waals surface area (Å²) in [6, 6.07) is 2.55. The number of nitrogens with one attached hydrogen (secondary N) is 2. The maximum Gasteiger partial charge on any atom is 0.329 e. The standard InChI is InChI=1S/C41H62N4O6/c1-2-3-4-5-6-7-8-9-10-11-12-13-14-15-16-17-18-24-39(48)42-28-20-19-23-38(41(50)51-37(33-46)34-47)44-40(49)35-25-26-36(43-32-35)27-31-45-29-21-22-30-45/h3-4,6-7,9-10,12-13,15-16,25-26,32,37-38,46-47H,2,5,8,11,14,17-24,27-31,33-34H2,1H3,(H,42,48)(H,44,49)/b4-3-,7-6-,10-9-,13-12-,16-15-. The molecule has 4 N–H and O–H groups in total. The molecular weight excluding hydrogens is 644 g/mol. The second-order valence-corrected chi connectivity index (χ2v) is 12.7. The molecule has 2 amide bonds. The normalized spacial score (nSPS) is 14.6. The molecule has 0 bridgehead atoms. The summed E-state index contributed by atoms with van der Waals surface area (Å²) in [6.07, 6.45) is 33.7. The first kappa shape index (κ1) is 43.3. The SMILES string of the molecule is CC/C=C\C/C=C\C/C=C\C/C=C\C/C=C\CCCC(=O)NCCCCC(NC(=O)c1ccc(CCN2CCCC2)nc1)C(=O)OC(CO)CO. The smallest absolute Gasteiger partial charge is 0.329 e. The second-order valence-electron chi connectivity index (χ2n) is 12.7. The van der Waals surface area contributed by atoms with Gasteiger partial charge in [0.15, 0.2) is 0 Å². The van der Waals surface area contributed by atoms with Crippen LogP contribution in [0, 0.1) is 0 Å². The largest absolute Gasteiger partial charge is 0.456 e. The number of ether oxygens (including phenoxy) is 1. The maximum atomic E-state index is 13.0. The Bertz CT molecular complexity index is 1250. The van der Waals surface area contributed by atoms with Gasteiger partial charge in [-0.05, 0) is 102 Å². The lowest BCUT2D eigenvalue weighted by Gasteiger charge is -2.21. The van der Waals surface area contributed by atoms with E-state index in [2.05, 4.69) is 88.2 Å². The number of unbranched alkanes of at least 4 members (excludes halogenated alkanes) is 2. The molecule has 1 aliphatic heterocycles. The number of amides is 2. The summed E-state index contributed by atoms with van der Waals surface area (Å²) < 4.78 is 5.21. The van der Waals surface area contributed by atoms with Crippen molar-refractivity contribution in [1.82, 2.24) is 20.5 Å². The number of esters is 1. The van der Waals surface area contributed by atoms with E-state index in [0.29, 0.717) is 31.4 Å². The van der Waals surface area contributed by atoms with Gasteiger partial charge in [0.25, 0.3) is 5.91 Å². The molecule has 1 saturated heterocycles. The van der Waals surface area contributed by atoms with Crippen molar-refractivity contribution in [3.63, 3.8) is 0 Å². The van der Waals surface area contributed by atoms with Crippen LogP contribution in [0.2, 0.25) is 0 Å². The van der Waals surface area contributed by atoms with E-state index in [1.165, 1.54) is 19.0 Å². The Labute approximate surface area is 305 Å². The Morgan fingerprint density at radius 2 is 1.49 bits per heavy atom. The van der Waals surface area contributed by atoms with Gasteiger partial charge in [0.1, 0.15) is 12.1 Å². The van der Waals surface area contributed by atoms with Gasteiger partial charge >= 0.3 is 5.97 Å². The van der Waals surface area contributed by atoms with E-state index < -0.39 is 37.2 Å². The first-order valence-corrected chi connectivity index (χ1v) is 18.9. The highest BCUT2D eigenvalue weighted by molar-refractivity contribution is 5.96. The Balaban J connectivity index is 1.64. The lowest BCUT2D eigenvalue weighted by Crippen LogP contribution is -2.44. The van der Waals surface area contributed by atoms with Gasteiger partial charge in [-0.3, -0.25) is 14.6 Å². The van der Waals surface area contributed by atoms with Crippen LogP contribution in [-0.2, 0) is 20.7 Å². The number of pyridine rings is 1. The van der Waals surface area contributed by atoms with Crippen molar-refractivity contribution in [3.8, 4) is 0 Å². The summed E-state index contributed by atoms with van der Waals surface area (Å²) in [5.41, 5.74) is 1.23. The van der Waals surface area contributed by atoms with E-state index in [1.807, 2.05) is 6.07 Å². The molecule has 2 rings (SSSR count). The molecule has 0 spiro atoms. The van der Waals surface area contributed by atoms with Gasteiger partial charge in [0.05, 0.1) is 18.8 Å². The highest BCUT2D eigenvalue weighted by Gasteiger charge is 2.25. The van der Waals surface area contributed by atoms with E-state index in [0.717, 1.165) is 76.7 Å². The van der Waals surface area contributed by atoms with Gasteiger partial charge in [-0.15, -0.1) is 0 Å². The predicted molar refractivity (Wildman–Crippen MR) is 204 cm³/mol. The molecule has 1 aromatic rings. The molecule has 1 aromatic heterocycles. The fraction of sp³-hybridized carbons (Fsp3) is 0.561. The summed E-state index contributed by atoms with van der Waals surface area (Å²) in [5.74, 6) is -1.21. The van der Waals surface area contributed by atoms with Crippen molar-refractivity contribution in [2.75, 3.05) is 39.4 Å². The molecule has 1 fully saturated rings. The highest BCUT2D eigenvalue weighted by atomic mass is 16.6. The first-order valence-electron chi connectivity index (χ1n) is 18.9. The molecular formula is C41H62N4O6. The quantitative estimate of drug-likeness (QED) is 0.0502. The number of rotatable bonds is 27. The zero-order valence-electron chi connectivity index (χ0n) is 30.7. The van der Waals surface area contributed by atoms with E-state index in [1.54, 1.807) is 6.07 Å². The summed E-state index contributed by atoms with van der Waals surface area (Å²) in [6.45, 7) is 4.70. The monoisotopic (exact) mass is 706 g/mol. The molecule has 0 saturated carbocycles. The van der Waals surface area contributed by atoms with Gasteiger partial charge in [0, 0.05) is 37.8 Å². The van der Waals surface area contributed by atoms with Crippen LogP contribution in [-0.4, -0.2) is 89.4 Å². The molecule has 10 heteroatoms. The number of hydrogen-bond acceptors (Lipinski definition) is 8. The number of carbonyl (C=O) groups excluding carboxylic acids is 3. The van der Waals surface area contributed by atoms with E-state index >= 15 is 0 Å². The summed E-state index contributed by atoms with van der Waals surface area (Å²) in [7, 11) is 0. The maximum absolute atomic E-state index is 13.0. The first-order chi connectivity index (χ1) is 25.0. The average molecular weight is 707 g/mol. The third kappa shape index (κ3) is 21.2. The third-order valence-electron chi connectivity index (χ3n) is 8.42. The van der Waals surface area contributed by atoms with Crippen molar-refractivity contribution in [2.24, 2.45) is 0 Å². The highest BCUT2D eigenvalue weighted by Crippen LogP contribution is 2.11. The molecule has 282 valence electrons. The zero-order valence-corrected chi connectivity index (χ0v) is 30.7. The molecule has 0 radical (unpaired) electrons. The molecule has 0 aromatic carbocycles. The van der Waals surface area contributed by atoms with Crippen LogP contribution in [0.4, 0.5) is 0 Å². The van der Waals surface area contributed by atoms with Gasteiger partial charge in [-0.2, -0.15) is 0 Å². The minimum absolute atomic E-state index is 0.0169. The summed E-state index contributed by atoms with van der Waals surface area (Å²) in [5, 5.41) is 24.4. The van der Waals surface area contributed by atoms with Crippen LogP contribution in [0.5, 0.6) is 0 Å². The Morgan fingerprint density at radius 1 is 0.863 bits per heavy atom. The number of allylic oxidation sites excluding steroid dienone is 10. The fourth-order valence-electron chi connectivity index (χ4n) is 5.39. The average Bonchev–Trinajstić information content (AvgIpc) is 3.67. The number of aromatic nitrogens is 1. The minimum Gasteiger partial charge on any atom is -0.456 e. The van der Waals surface area contributed by atoms with Crippen LogP contribution in [0.15, 0.2) is 79.1 Å². The van der Waals surface area contributed by atoms with Crippen LogP contribution in [0.25, 0.3) is 0 Å². The Morgan fingerprint density at radius 3 is 2.08 bits per heavy atom. The lowest BCUT2D eigenvalue weighted by atomic mass is 10.1. The van der Waals surface area contributed by atoms with Crippen LogP contribution in [0.1, 0.15) is 106 Å². The van der Waals surface area contributed by atoms with Gasteiger partial charge in [-0.1, -0.05) is 67.7 Å². The molecule has 0 aliphatic carbocycles. The fourth-order valence-corrected chi connectivity index (χ4v) is 5.39. The van der Waals surface area contributed by atoms with Crippen molar-refractivity contribution in [1.29, 1.82) is 0 Å².